The molecule has 0 radical (unpaired) electrons. The molecule has 174 valence electrons. The summed E-state index contributed by atoms with van der Waals surface area (Å²) < 4.78 is 5.32. The summed E-state index contributed by atoms with van der Waals surface area (Å²) in [5.41, 5.74) is 2.32. The smallest absolute Gasteiger partial charge is 0.338 e. The van der Waals surface area contributed by atoms with Gasteiger partial charge in [0.25, 0.3) is 0 Å². The van der Waals surface area contributed by atoms with Crippen molar-refractivity contribution >= 4 is 5.97 Å². The third kappa shape index (κ3) is 10.7. The van der Waals surface area contributed by atoms with E-state index in [0.29, 0.717) is 0 Å². The van der Waals surface area contributed by atoms with Crippen LogP contribution in [0.1, 0.15) is 102 Å². The maximum atomic E-state index is 12.3. The zero-order chi connectivity index (χ0) is 22.9. The van der Waals surface area contributed by atoms with Gasteiger partial charge in [-0.3, -0.25) is 0 Å². The van der Waals surface area contributed by atoms with Crippen LogP contribution in [0.2, 0.25) is 0 Å². The number of ether oxygens (including phenoxy) is 1. The van der Waals surface area contributed by atoms with Crippen LogP contribution in [0.5, 0.6) is 6.01 Å². The van der Waals surface area contributed by atoms with Crippen LogP contribution in [0.4, 0.5) is 0 Å². The predicted molar refractivity (Wildman–Crippen MR) is 132 cm³/mol. The lowest BCUT2D eigenvalue weighted by Crippen LogP contribution is -2.08. The number of benzene rings is 1. The lowest BCUT2D eigenvalue weighted by molar-refractivity contribution is -0.129. The predicted octanol–water partition coefficient (Wildman–Crippen LogP) is 7.60. The third-order valence-corrected chi connectivity index (χ3v) is 5.75. The summed E-state index contributed by atoms with van der Waals surface area (Å²) in [6.07, 6.45) is 21.4. The summed E-state index contributed by atoms with van der Waals surface area (Å²) in [6.45, 7) is 4.45. The molecule has 1 aromatic carbocycles. The molecule has 0 bridgehead atoms. The van der Waals surface area contributed by atoms with Crippen LogP contribution in [0, 0.1) is 0 Å². The minimum absolute atomic E-state index is 0.116. The van der Waals surface area contributed by atoms with E-state index in [4.69, 9.17) is 4.74 Å². The largest absolute Gasteiger partial charge is 0.388 e. The molecule has 0 aliphatic heterocycles. The van der Waals surface area contributed by atoms with E-state index in [0.717, 1.165) is 31.2 Å². The third-order valence-electron chi connectivity index (χ3n) is 5.75. The van der Waals surface area contributed by atoms with Gasteiger partial charge in [0.2, 0.25) is 0 Å². The molecule has 4 nitrogen and oxygen atoms in total. The second-order valence-electron chi connectivity index (χ2n) is 8.54. The van der Waals surface area contributed by atoms with Gasteiger partial charge in [-0.05, 0) is 30.4 Å². The monoisotopic (exact) mass is 436 g/mol. The van der Waals surface area contributed by atoms with Crippen molar-refractivity contribution in [1.29, 1.82) is 0 Å². The Morgan fingerprint density at radius 3 is 2.19 bits per heavy atom. The molecule has 1 unspecified atom stereocenters. The van der Waals surface area contributed by atoms with Gasteiger partial charge in [-0.2, -0.15) is 0 Å². The highest BCUT2D eigenvalue weighted by Crippen LogP contribution is 2.24. The maximum absolute atomic E-state index is 12.3. The molecular formula is C28H40N2O2. The van der Waals surface area contributed by atoms with E-state index in [-0.39, 0.29) is 11.9 Å². The summed E-state index contributed by atoms with van der Waals surface area (Å²) in [5.74, 6) is -0.218. The normalized spacial score (nSPS) is 12.2. The fraction of sp³-hybridized carbons (Fsp3) is 0.536. The minimum atomic E-state index is -0.428. The molecule has 2 rings (SSSR count). The highest BCUT2D eigenvalue weighted by molar-refractivity contribution is 5.83. The van der Waals surface area contributed by atoms with E-state index in [1.165, 1.54) is 63.0 Å². The molecule has 0 N–H and O–H groups in total. The van der Waals surface area contributed by atoms with Gasteiger partial charge in [-0.25, -0.2) is 14.8 Å². The van der Waals surface area contributed by atoms with Gasteiger partial charge in [-0.1, -0.05) is 108 Å². The quantitative estimate of drug-likeness (QED) is 0.154. The molecule has 32 heavy (non-hydrogen) atoms. The zero-order valence-electron chi connectivity index (χ0n) is 20.0. The van der Waals surface area contributed by atoms with Crippen molar-refractivity contribution < 1.29 is 9.53 Å². The zero-order valence-corrected chi connectivity index (χ0v) is 20.0. The van der Waals surface area contributed by atoms with Gasteiger partial charge >= 0.3 is 12.0 Å². The van der Waals surface area contributed by atoms with Crippen molar-refractivity contribution in [2.45, 2.75) is 96.8 Å². The first-order valence-electron chi connectivity index (χ1n) is 12.5. The number of aryl methyl sites for hydroxylation is 1. The molecule has 0 saturated heterocycles. The van der Waals surface area contributed by atoms with Gasteiger partial charge in [0.05, 0.1) is 0 Å². The van der Waals surface area contributed by atoms with Gasteiger partial charge in [0.15, 0.2) is 0 Å². The van der Waals surface area contributed by atoms with Crippen molar-refractivity contribution in [3.8, 4) is 6.01 Å². The Kier molecular flexibility index (Phi) is 13.0. The van der Waals surface area contributed by atoms with E-state index in [1.54, 1.807) is 12.4 Å². The number of unbranched alkanes of at least 4 members (excludes halogenated alkanes) is 8. The number of nitrogens with zero attached hydrogens (tertiary/aromatic N) is 2. The second kappa shape index (κ2) is 16.2. The Balaban J connectivity index is 1.82. The van der Waals surface area contributed by atoms with Crippen LogP contribution in [0.25, 0.3) is 0 Å². The number of carbonyl (C=O) groups excluding carboxylic acids is 1. The molecule has 0 saturated carbocycles. The first-order chi connectivity index (χ1) is 15.7. The molecular weight excluding hydrogens is 396 g/mol. The topological polar surface area (TPSA) is 52.1 Å². The lowest BCUT2D eigenvalue weighted by Gasteiger charge is -2.13. The summed E-state index contributed by atoms with van der Waals surface area (Å²) in [4.78, 5) is 20.7. The van der Waals surface area contributed by atoms with Gasteiger partial charge in [0.1, 0.15) is 0 Å². The first kappa shape index (κ1) is 25.8. The standard InChI is InChI=1S/C28H40N2O2/c1-3-5-7-9-10-12-16-24-22-29-28(30-23-24)32-27(31)21-20-26(19-13-8-6-4-2)25-17-14-11-15-18-25/h11,14-15,17-18,20-23,26H,3-10,12-13,16,19H2,1-2H3/b21-20+. The summed E-state index contributed by atoms with van der Waals surface area (Å²) in [7, 11) is 0. The maximum Gasteiger partial charge on any atom is 0.338 e. The fourth-order valence-electron chi connectivity index (χ4n) is 3.82. The van der Waals surface area contributed by atoms with E-state index < -0.39 is 5.97 Å². The van der Waals surface area contributed by atoms with Crippen LogP contribution in [-0.2, 0) is 11.2 Å². The summed E-state index contributed by atoms with van der Waals surface area (Å²) >= 11 is 0. The Morgan fingerprint density at radius 2 is 1.50 bits per heavy atom. The molecule has 1 atom stereocenters. The van der Waals surface area contributed by atoms with Gasteiger partial charge in [-0.15, -0.1) is 0 Å². The Bertz CT molecular complexity index is 772. The fourth-order valence-corrected chi connectivity index (χ4v) is 3.82. The van der Waals surface area contributed by atoms with Gasteiger partial charge < -0.3 is 4.74 Å². The van der Waals surface area contributed by atoms with E-state index in [2.05, 4.69) is 35.9 Å². The summed E-state index contributed by atoms with van der Waals surface area (Å²) in [6, 6.07) is 10.5. The van der Waals surface area contributed by atoms with Crippen molar-refractivity contribution in [2.24, 2.45) is 0 Å². The molecule has 0 spiro atoms. The van der Waals surface area contributed by atoms with Crippen molar-refractivity contribution in [2.75, 3.05) is 0 Å². The molecule has 0 amide bonds. The van der Waals surface area contributed by atoms with Crippen molar-refractivity contribution in [3.05, 3.63) is 66.0 Å². The highest BCUT2D eigenvalue weighted by atomic mass is 16.5. The van der Waals surface area contributed by atoms with E-state index in [9.17, 15) is 4.79 Å². The second-order valence-corrected chi connectivity index (χ2v) is 8.54. The van der Waals surface area contributed by atoms with Crippen LogP contribution >= 0.6 is 0 Å². The molecule has 0 fully saturated rings. The highest BCUT2D eigenvalue weighted by Gasteiger charge is 2.10. The number of aromatic nitrogens is 2. The number of allylic oxidation sites excluding steroid dienone is 1. The molecule has 1 aromatic heterocycles. The van der Waals surface area contributed by atoms with Crippen LogP contribution in [0.15, 0.2) is 54.9 Å². The van der Waals surface area contributed by atoms with Crippen LogP contribution in [-0.4, -0.2) is 15.9 Å². The number of carbonyl (C=O) groups is 1. The van der Waals surface area contributed by atoms with Crippen molar-refractivity contribution in [3.63, 3.8) is 0 Å². The Hall–Kier alpha value is -2.49. The number of hydrogen-bond acceptors (Lipinski definition) is 4. The van der Waals surface area contributed by atoms with E-state index >= 15 is 0 Å². The van der Waals surface area contributed by atoms with E-state index in [1.807, 2.05) is 24.3 Å². The summed E-state index contributed by atoms with van der Waals surface area (Å²) in [5, 5.41) is 0. The molecule has 1 heterocycles. The Labute approximate surface area is 194 Å². The molecule has 4 heteroatoms. The average molecular weight is 437 g/mol. The molecule has 0 aliphatic rings. The molecule has 0 aliphatic carbocycles. The number of esters is 1. The number of rotatable bonds is 16. The average Bonchev–Trinajstić information content (AvgIpc) is 2.82. The van der Waals surface area contributed by atoms with Gasteiger partial charge in [0, 0.05) is 24.4 Å². The SMILES string of the molecule is CCCCCCCCc1cnc(OC(=O)/C=C/C(CCCCCC)c2ccccc2)nc1. The minimum Gasteiger partial charge on any atom is -0.388 e. The first-order valence-corrected chi connectivity index (χ1v) is 12.5. The van der Waals surface area contributed by atoms with Crippen LogP contribution in [0.3, 0.4) is 0 Å². The van der Waals surface area contributed by atoms with Crippen LogP contribution < -0.4 is 4.74 Å². The molecule has 2 aromatic rings. The Morgan fingerprint density at radius 1 is 0.875 bits per heavy atom. The lowest BCUT2D eigenvalue weighted by atomic mass is 9.92. The van der Waals surface area contributed by atoms with Crippen molar-refractivity contribution in [1.82, 2.24) is 9.97 Å². The number of hydrogen-bond donors (Lipinski definition) is 0.